The first-order chi connectivity index (χ1) is 7.29. The third-order valence-corrected chi connectivity index (χ3v) is 2.97. The van der Waals surface area contributed by atoms with Crippen LogP contribution in [0.1, 0.15) is 15.9 Å². The Balaban J connectivity index is 2.29. The van der Waals surface area contributed by atoms with Crippen molar-refractivity contribution in [3.63, 3.8) is 0 Å². The monoisotopic (exact) mass is 197 g/mol. The van der Waals surface area contributed by atoms with Crippen molar-refractivity contribution in [2.24, 2.45) is 0 Å². The van der Waals surface area contributed by atoms with Crippen molar-refractivity contribution in [2.75, 3.05) is 13.6 Å². The number of likely N-dealkylation sites (N-methyl/N-ethyl adjacent to an activating group) is 1. The van der Waals surface area contributed by atoms with E-state index in [4.69, 9.17) is 0 Å². The van der Waals surface area contributed by atoms with Gasteiger partial charge in [0, 0.05) is 30.3 Å². The highest BCUT2D eigenvalue weighted by molar-refractivity contribution is 6.22. The lowest BCUT2D eigenvalue weighted by molar-refractivity contribution is 0.104. The summed E-state index contributed by atoms with van der Waals surface area (Å²) in [5.41, 5.74) is 3.83. The van der Waals surface area contributed by atoms with Gasteiger partial charge in [-0.3, -0.25) is 4.79 Å². The molecule has 2 nitrogen and oxygen atoms in total. The fourth-order valence-electron chi connectivity index (χ4n) is 2.27. The maximum atomic E-state index is 12.0. The molecular formula is C13H11NO. The Bertz CT molecular complexity index is 511. The van der Waals surface area contributed by atoms with Crippen molar-refractivity contribution in [3.8, 4) is 0 Å². The molecule has 0 fully saturated rings. The quantitative estimate of drug-likeness (QED) is 0.634. The number of hydrogen-bond donors (Lipinski definition) is 0. The predicted molar refractivity (Wildman–Crippen MR) is 59.5 cm³/mol. The first-order valence-electron chi connectivity index (χ1n) is 5.05. The summed E-state index contributed by atoms with van der Waals surface area (Å²) in [5, 5.41) is 0. The Hall–Kier alpha value is -1.83. The lowest BCUT2D eigenvalue weighted by atomic mass is 10.1. The van der Waals surface area contributed by atoms with E-state index >= 15 is 0 Å². The molecule has 15 heavy (non-hydrogen) atoms. The SMILES string of the molecule is CN1CC=CC2=C1c1ccccc1C2=O. The molecule has 0 radical (unpaired) electrons. The Kier molecular flexibility index (Phi) is 1.60. The normalized spacial score (nSPS) is 18.2. The Morgan fingerprint density at radius 3 is 2.73 bits per heavy atom. The van der Waals surface area contributed by atoms with Crippen LogP contribution in [0.4, 0.5) is 0 Å². The van der Waals surface area contributed by atoms with Gasteiger partial charge in [0.05, 0.1) is 5.70 Å². The molecule has 0 saturated carbocycles. The van der Waals surface area contributed by atoms with E-state index in [-0.39, 0.29) is 5.78 Å². The van der Waals surface area contributed by atoms with Crippen LogP contribution in [0.15, 0.2) is 42.0 Å². The predicted octanol–water partition coefficient (Wildman–Crippen LogP) is 2.10. The summed E-state index contributed by atoms with van der Waals surface area (Å²) in [7, 11) is 2.02. The number of fused-ring (bicyclic) bond motifs is 2. The molecule has 0 bridgehead atoms. The average Bonchev–Trinajstić information content (AvgIpc) is 2.55. The summed E-state index contributed by atoms with van der Waals surface area (Å²) in [6.07, 6.45) is 3.97. The van der Waals surface area contributed by atoms with Gasteiger partial charge in [-0.1, -0.05) is 36.4 Å². The number of Topliss-reactive ketones (excluding diaryl/α,β-unsaturated/α-hetero) is 1. The summed E-state index contributed by atoms with van der Waals surface area (Å²) in [5.74, 6) is 0.156. The average molecular weight is 197 g/mol. The molecule has 1 heterocycles. The van der Waals surface area contributed by atoms with E-state index in [0.717, 1.165) is 28.9 Å². The van der Waals surface area contributed by atoms with Crippen LogP contribution in [0.3, 0.4) is 0 Å². The highest BCUT2D eigenvalue weighted by Gasteiger charge is 2.30. The van der Waals surface area contributed by atoms with Crippen LogP contribution >= 0.6 is 0 Å². The molecule has 0 atom stereocenters. The van der Waals surface area contributed by atoms with Crippen LogP contribution in [-0.2, 0) is 0 Å². The van der Waals surface area contributed by atoms with Crippen LogP contribution in [0.2, 0.25) is 0 Å². The van der Waals surface area contributed by atoms with Crippen LogP contribution in [0, 0.1) is 0 Å². The molecule has 0 amide bonds. The minimum Gasteiger partial charge on any atom is -0.370 e. The second kappa shape index (κ2) is 2.83. The van der Waals surface area contributed by atoms with E-state index in [1.165, 1.54) is 0 Å². The van der Waals surface area contributed by atoms with Gasteiger partial charge in [0.25, 0.3) is 0 Å². The van der Waals surface area contributed by atoms with Gasteiger partial charge in [0.2, 0.25) is 0 Å². The largest absolute Gasteiger partial charge is 0.370 e. The third-order valence-electron chi connectivity index (χ3n) is 2.97. The molecule has 2 aliphatic rings. The number of carbonyl (C=O) groups excluding carboxylic acids is 1. The summed E-state index contributed by atoms with van der Waals surface area (Å²) < 4.78 is 0. The van der Waals surface area contributed by atoms with Crippen LogP contribution < -0.4 is 0 Å². The zero-order chi connectivity index (χ0) is 10.4. The van der Waals surface area contributed by atoms with Crippen molar-refractivity contribution in [3.05, 3.63) is 53.1 Å². The Labute approximate surface area is 88.5 Å². The van der Waals surface area contributed by atoms with Crippen molar-refractivity contribution >= 4 is 11.5 Å². The maximum Gasteiger partial charge on any atom is 0.195 e. The molecule has 1 aromatic carbocycles. The summed E-state index contributed by atoms with van der Waals surface area (Å²) in [4.78, 5) is 14.2. The summed E-state index contributed by atoms with van der Waals surface area (Å²) in [6.45, 7) is 0.875. The number of rotatable bonds is 0. The number of ketones is 1. The molecule has 0 unspecified atom stereocenters. The van der Waals surface area contributed by atoms with E-state index in [2.05, 4.69) is 4.90 Å². The minimum atomic E-state index is 0.156. The third kappa shape index (κ3) is 1.02. The van der Waals surface area contributed by atoms with Crippen molar-refractivity contribution in [2.45, 2.75) is 0 Å². The van der Waals surface area contributed by atoms with Crippen LogP contribution in [-0.4, -0.2) is 24.3 Å². The van der Waals surface area contributed by atoms with Gasteiger partial charge in [-0.15, -0.1) is 0 Å². The smallest absolute Gasteiger partial charge is 0.195 e. The molecule has 0 spiro atoms. The molecule has 3 rings (SSSR count). The second-order valence-corrected chi connectivity index (χ2v) is 3.92. The minimum absolute atomic E-state index is 0.156. The number of allylic oxidation sites excluding steroid dienone is 2. The van der Waals surface area contributed by atoms with Crippen LogP contribution in [0.5, 0.6) is 0 Å². The number of nitrogens with zero attached hydrogens (tertiary/aromatic N) is 1. The van der Waals surface area contributed by atoms with Crippen LogP contribution in [0.25, 0.3) is 5.70 Å². The first kappa shape index (κ1) is 8.48. The molecule has 2 heteroatoms. The summed E-state index contributed by atoms with van der Waals surface area (Å²) >= 11 is 0. The molecular weight excluding hydrogens is 186 g/mol. The van der Waals surface area contributed by atoms with Gasteiger partial charge in [-0.05, 0) is 0 Å². The van der Waals surface area contributed by atoms with Crippen molar-refractivity contribution in [1.82, 2.24) is 4.90 Å². The first-order valence-corrected chi connectivity index (χ1v) is 5.05. The number of carbonyl (C=O) groups is 1. The van der Waals surface area contributed by atoms with Gasteiger partial charge in [0.15, 0.2) is 5.78 Å². The van der Waals surface area contributed by atoms with E-state index < -0.39 is 0 Å². The molecule has 1 aromatic rings. The Morgan fingerprint density at radius 2 is 1.93 bits per heavy atom. The summed E-state index contributed by atoms with van der Waals surface area (Å²) in [6, 6.07) is 7.82. The molecule has 0 N–H and O–H groups in total. The van der Waals surface area contributed by atoms with E-state index in [9.17, 15) is 4.79 Å². The van der Waals surface area contributed by atoms with Gasteiger partial charge >= 0.3 is 0 Å². The Morgan fingerprint density at radius 1 is 1.20 bits per heavy atom. The lowest BCUT2D eigenvalue weighted by Gasteiger charge is -2.23. The lowest BCUT2D eigenvalue weighted by Crippen LogP contribution is -2.19. The highest BCUT2D eigenvalue weighted by atomic mass is 16.1. The van der Waals surface area contributed by atoms with E-state index in [0.29, 0.717) is 0 Å². The fourth-order valence-corrected chi connectivity index (χ4v) is 2.27. The molecule has 0 saturated heterocycles. The van der Waals surface area contributed by atoms with Gasteiger partial charge in [-0.2, -0.15) is 0 Å². The van der Waals surface area contributed by atoms with Gasteiger partial charge in [-0.25, -0.2) is 0 Å². The van der Waals surface area contributed by atoms with E-state index in [1.54, 1.807) is 0 Å². The number of benzene rings is 1. The maximum absolute atomic E-state index is 12.0. The van der Waals surface area contributed by atoms with E-state index in [1.807, 2.05) is 43.5 Å². The zero-order valence-electron chi connectivity index (χ0n) is 8.53. The molecule has 74 valence electrons. The number of hydrogen-bond acceptors (Lipinski definition) is 2. The molecule has 1 aliphatic heterocycles. The standard InChI is InChI=1S/C13H11NO/c1-14-8-4-7-11-12(14)9-5-2-3-6-10(9)13(11)15/h2-7H,8H2,1H3. The van der Waals surface area contributed by atoms with Gasteiger partial charge in [0.1, 0.15) is 0 Å². The van der Waals surface area contributed by atoms with Gasteiger partial charge < -0.3 is 4.90 Å². The van der Waals surface area contributed by atoms with Crippen molar-refractivity contribution in [1.29, 1.82) is 0 Å². The van der Waals surface area contributed by atoms with Crippen molar-refractivity contribution < 1.29 is 4.79 Å². The fraction of sp³-hybridized carbons (Fsp3) is 0.154. The zero-order valence-corrected chi connectivity index (χ0v) is 8.53. The molecule has 1 aliphatic carbocycles. The highest BCUT2D eigenvalue weighted by Crippen LogP contribution is 2.36. The second-order valence-electron chi connectivity index (χ2n) is 3.92. The topological polar surface area (TPSA) is 20.3 Å². The molecule has 0 aromatic heterocycles.